The van der Waals surface area contributed by atoms with Gasteiger partial charge in [-0.2, -0.15) is 0 Å². The van der Waals surface area contributed by atoms with Crippen LogP contribution in [0.25, 0.3) is 0 Å². The summed E-state index contributed by atoms with van der Waals surface area (Å²) in [6.45, 7) is 3.98. The number of methoxy groups -OCH3 is 1. The van der Waals surface area contributed by atoms with Crippen LogP contribution in [-0.2, 0) is 16.4 Å². The highest BCUT2D eigenvalue weighted by molar-refractivity contribution is 7.89. The van der Waals surface area contributed by atoms with Crippen molar-refractivity contribution in [2.24, 2.45) is 0 Å². The summed E-state index contributed by atoms with van der Waals surface area (Å²) >= 11 is 0. The molecule has 134 valence electrons. The monoisotopic (exact) mass is 362 g/mol. The van der Waals surface area contributed by atoms with Gasteiger partial charge in [-0.15, -0.1) is 0 Å². The van der Waals surface area contributed by atoms with Crippen LogP contribution >= 0.6 is 0 Å². The number of amides is 1. The zero-order valence-corrected chi connectivity index (χ0v) is 15.3. The van der Waals surface area contributed by atoms with E-state index in [4.69, 9.17) is 4.74 Å². The molecule has 7 heteroatoms. The van der Waals surface area contributed by atoms with Gasteiger partial charge in [0, 0.05) is 12.2 Å². The fraction of sp³-hybridized carbons (Fsp3) is 0.278. The summed E-state index contributed by atoms with van der Waals surface area (Å²) < 4.78 is 31.9. The predicted octanol–water partition coefficient (Wildman–Crippen LogP) is 2.81. The summed E-state index contributed by atoms with van der Waals surface area (Å²) in [5, 5.41) is 2.78. The van der Waals surface area contributed by atoms with Gasteiger partial charge in [-0.25, -0.2) is 13.1 Å². The van der Waals surface area contributed by atoms with Crippen LogP contribution in [0, 0.1) is 0 Å². The number of rotatable bonds is 7. The van der Waals surface area contributed by atoms with Crippen LogP contribution in [0.2, 0.25) is 0 Å². The summed E-state index contributed by atoms with van der Waals surface area (Å²) in [6.07, 6.45) is 0.851. The van der Waals surface area contributed by atoms with Gasteiger partial charge in [0.25, 0.3) is 5.91 Å². The third kappa shape index (κ3) is 4.58. The third-order valence-electron chi connectivity index (χ3n) is 3.65. The minimum atomic E-state index is -3.66. The molecule has 2 rings (SSSR count). The highest BCUT2D eigenvalue weighted by Gasteiger charge is 2.19. The van der Waals surface area contributed by atoms with Gasteiger partial charge in [0.1, 0.15) is 5.75 Å². The Morgan fingerprint density at radius 1 is 1.12 bits per heavy atom. The van der Waals surface area contributed by atoms with Crippen molar-refractivity contribution in [2.45, 2.75) is 25.2 Å². The average Bonchev–Trinajstić information content (AvgIpc) is 2.61. The quantitative estimate of drug-likeness (QED) is 0.793. The first kappa shape index (κ1) is 19.0. The number of nitrogens with one attached hydrogen (secondary N) is 2. The summed E-state index contributed by atoms with van der Waals surface area (Å²) in [4.78, 5) is 12.6. The van der Waals surface area contributed by atoms with E-state index < -0.39 is 15.9 Å². The number of aryl methyl sites for hydroxylation is 1. The Hall–Kier alpha value is -2.38. The zero-order chi connectivity index (χ0) is 18.4. The Balaban J connectivity index is 2.37. The molecule has 0 unspecified atom stereocenters. The molecule has 0 aliphatic heterocycles. The lowest BCUT2D eigenvalue weighted by Crippen LogP contribution is -2.24. The lowest BCUT2D eigenvalue weighted by molar-refractivity contribution is 0.102. The van der Waals surface area contributed by atoms with Crippen molar-refractivity contribution in [3.8, 4) is 5.75 Å². The normalized spacial score (nSPS) is 11.2. The van der Waals surface area contributed by atoms with Crippen LogP contribution in [0.4, 0.5) is 5.69 Å². The van der Waals surface area contributed by atoms with Gasteiger partial charge in [0.2, 0.25) is 10.0 Å². The molecule has 0 atom stereocenters. The maximum atomic E-state index is 12.6. The van der Waals surface area contributed by atoms with E-state index in [1.165, 1.54) is 25.3 Å². The largest absolute Gasteiger partial charge is 0.496 e. The molecule has 2 aromatic carbocycles. The molecule has 25 heavy (non-hydrogen) atoms. The molecule has 0 radical (unpaired) electrons. The summed E-state index contributed by atoms with van der Waals surface area (Å²) in [5.41, 5.74) is 1.89. The Kier molecular flexibility index (Phi) is 6.17. The van der Waals surface area contributed by atoms with Gasteiger partial charge in [0.15, 0.2) is 0 Å². The van der Waals surface area contributed by atoms with E-state index in [0.717, 1.165) is 12.0 Å². The number of anilines is 1. The van der Waals surface area contributed by atoms with Crippen molar-refractivity contribution in [2.75, 3.05) is 19.0 Å². The van der Waals surface area contributed by atoms with Crippen molar-refractivity contribution < 1.29 is 17.9 Å². The maximum Gasteiger partial charge on any atom is 0.259 e. The molecule has 0 spiro atoms. The van der Waals surface area contributed by atoms with Crippen LogP contribution < -0.4 is 14.8 Å². The second-order valence-corrected chi connectivity index (χ2v) is 7.14. The topological polar surface area (TPSA) is 84.5 Å². The van der Waals surface area contributed by atoms with E-state index in [1.807, 2.05) is 25.1 Å². The van der Waals surface area contributed by atoms with Gasteiger partial charge < -0.3 is 10.1 Å². The van der Waals surface area contributed by atoms with Crippen molar-refractivity contribution in [1.29, 1.82) is 0 Å². The fourth-order valence-electron chi connectivity index (χ4n) is 2.37. The predicted molar refractivity (Wildman–Crippen MR) is 97.6 cm³/mol. The average molecular weight is 362 g/mol. The molecule has 0 aliphatic rings. The number of ether oxygens (including phenoxy) is 1. The molecule has 2 aromatic rings. The molecular weight excluding hydrogens is 340 g/mol. The Morgan fingerprint density at radius 3 is 2.52 bits per heavy atom. The molecule has 0 saturated carbocycles. The van der Waals surface area contributed by atoms with Gasteiger partial charge in [-0.05, 0) is 42.3 Å². The lowest BCUT2D eigenvalue weighted by atomic mass is 10.1. The molecule has 0 heterocycles. The highest BCUT2D eigenvalue weighted by atomic mass is 32.2. The number of sulfonamides is 1. The Bertz CT molecular complexity index is 863. The third-order valence-corrected chi connectivity index (χ3v) is 5.20. The number of carbonyl (C=O) groups excluding carboxylic acids is 1. The van der Waals surface area contributed by atoms with E-state index in [0.29, 0.717) is 11.4 Å². The van der Waals surface area contributed by atoms with E-state index in [9.17, 15) is 13.2 Å². The fourth-order valence-corrected chi connectivity index (χ4v) is 3.44. The highest BCUT2D eigenvalue weighted by Crippen LogP contribution is 2.24. The van der Waals surface area contributed by atoms with Gasteiger partial charge in [0.05, 0.1) is 17.6 Å². The van der Waals surface area contributed by atoms with Crippen molar-refractivity contribution >= 4 is 21.6 Å². The summed E-state index contributed by atoms with van der Waals surface area (Å²) in [5.74, 6) is -0.127. The van der Waals surface area contributed by atoms with Crippen LogP contribution in [0.5, 0.6) is 5.75 Å². The van der Waals surface area contributed by atoms with Gasteiger partial charge in [-0.3, -0.25) is 4.79 Å². The number of benzene rings is 2. The molecule has 0 saturated heterocycles. The molecule has 0 aliphatic carbocycles. The van der Waals surface area contributed by atoms with Gasteiger partial charge >= 0.3 is 0 Å². The van der Waals surface area contributed by atoms with E-state index in [1.54, 1.807) is 13.0 Å². The van der Waals surface area contributed by atoms with Gasteiger partial charge in [-0.1, -0.05) is 26.0 Å². The molecule has 1 amide bonds. The minimum Gasteiger partial charge on any atom is -0.496 e. The zero-order valence-electron chi connectivity index (χ0n) is 14.5. The molecular formula is C18H22N2O4S. The number of carbonyl (C=O) groups is 1. The SMILES string of the molecule is CCNS(=O)(=O)c1ccc(OC)c(C(=O)Nc2cccc(CC)c2)c1. The lowest BCUT2D eigenvalue weighted by Gasteiger charge is -2.12. The van der Waals surface area contributed by atoms with E-state index in [2.05, 4.69) is 10.0 Å². The van der Waals surface area contributed by atoms with Crippen molar-refractivity contribution in [1.82, 2.24) is 4.72 Å². The van der Waals surface area contributed by atoms with Crippen molar-refractivity contribution in [3.63, 3.8) is 0 Å². The first-order chi connectivity index (χ1) is 11.9. The minimum absolute atomic E-state index is 0.0163. The Labute approximate surface area is 148 Å². The first-order valence-corrected chi connectivity index (χ1v) is 9.47. The maximum absolute atomic E-state index is 12.6. The van der Waals surface area contributed by atoms with Crippen molar-refractivity contribution in [3.05, 3.63) is 53.6 Å². The summed E-state index contributed by atoms with van der Waals surface area (Å²) in [7, 11) is -2.23. The Morgan fingerprint density at radius 2 is 1.88 bits per heavy atom. The second-order valence-electron chi connectivity index (χ2n) is 5.37. The van der Waals surface area contributed by atoms with Crippen LogP contribution in [-0.4, -0.2) is 28.0 Å². The van der Waals surface area contributed by atoms with E-state index >= 15 is 0 Å². The summed E-state index contributed by atoms with van der Waals surface area (Å²) in [6, 6.07) is 11.7. The molecule has 0 fully saturated rings. The second kappa shape index (κ2) is 8.13. The number of hydrogen-bond donors (Lipinski definition) is 2. The molecule has 2 N–H and O–H groups in total. The molecule has 6 nitrogen and oxygen atoms in total. The smallest absolute Gasteiger partial charge is 0.259 e. The number of hydrogen-bond acceptors (Lipinski definition) is 4. The van der Waals surface area contributed by atoms with E-state index in [-0.39, 0.29) is 17.0 Å². The molecule has 0 aromatic heterocycles. The molecule has 0 bridgehead atoms. The van der Waals surface area contributed by atoms with Crippen LogP contribution in [0.15, 0.2) is 47.4 Å². The first-order valence-electron chi connectivity index (χ1n) is 7.99. The standard InChI is InChI=1S/C18H22N2O4S/c1-4-13-7-6-8-14(11-13)20-18(21)16-12-15(9-10-17(16)24-3)25(22,23)19-5-2/h6-12,19H,4-5H2,1-3H3,(H,20,21). The van der Waals surface area contributed by atoms with Crippen LogP contribution in [0.1, 0.15) is 29.8 Å². The van der Waals surface area contributed by atoms with Crippen LogP contribution in [0.3, 0.4) is 0 Å².